The number of aromatic nitrogens is 2. The van der Waals surface area contributed by atoms with Crippen LogP contribution >= 0.6 is 15.9 Å². The molecule has 3 N–H and O–H groups in total. The summed E-state index contributed by atoms with van der Waals surface area (Å²) < 4.78 is 6.56. The Labute approximate surface area is 114 Å². The summed E-state index contributed by atoms with van der Waals surface area (Å²) in [5.41, 5.74) is 5.62. The van der Waals surface area contributed by atoms with Gasteiger partial charge in [-0.05, 0) is 25.1 Å². The van der Waals surface area contributed by atoms with Crippen molar-refractivity contribution in [1.29, 1.82) is 0 Å². The number of nitrogens with two attached hydrogens (primary N) is 1. The number of hydrogen-bond acceptors (Lipinski definition) is 5. The van der Waals surface area contributed by atoms with Gasteiger partial charge in [-0.1, -0.05) is 22.0 Å². The summed E-state index contributed by atoms with van der Waals surface area (Å²) in [6.45, 7) is 2.74. The van der Waals surface area contributed by atoms with E-state index in [-0.39, 0.29) is 5.95 Å². The molecule has 0 aliphatic carbocycles. The Balaban J connectivity index is 2.23. The molecule has 0 bridgehead atoms. The van der Waals surface area contributed by atoms with Crippen LogP contribution in [-0.2, 0) is 0 Å². The predicted molar refractivity (Wildman–Crippen MR) is 74.8 cm³/mol. The first-order valence-corrected chi connectivity index (χ1v) is 6.28. The van der Waals surface area contributed by atoms with Crippen molar-refractivity contribution in [2.24, 2.45) is 0 Å². The van der Waals surface area contributed by atoms with Gasteiger partial charge in [0.2, 0.25) is 11.8 Å². The van der Waals surface area contributed by atoms with Crippen molar-refractivity contribution in [1.82, 2.24) is 9.97 Å². The van der Waals surface area contributed by atoms with Gasteiger partial charge in [0.05, 0.1) is 0 Å². The van der Waals surface area contributed by atoms with Gasteiger partial charge in [0.15, 0.2) is 0 Å². The molecule has 0 saturated heterocycles. The van der Waals surface area contributed by atoms with Crippen LogP contribution in [0.15, 0.2) is 34.8 Å². The van der Waals surface area contributed by atoms with Crippen molar-refractivity contribution in [3.8, 4) is 11.6 Å². The highest BCUT2D eigenvalue weighted by Gasteiger charge is 2.04. The molecule has 5 nitrogen and oxygen atoms in total. The highest BCUT2D eigenvalue weighted by atomic mass is 79.9. The third kappa shape index (κ3) is 3.33. The number of anilines is 2. The Bertz CT molecular complexity index is 547. The maximum atomic E-state index is 5.63. The first kappa shape index (κ1) is 12.6. The molecule has 0 aliphatic heterocycles. The van der Waals surface area contributed by atoms with E-state index < -0.39 is 0 Å². The van der Waals surface area contributed by atoms with E-state index in [9.17, 15) is 0 Å². The van der Waals surface area contributed by atoms with Gasteiger partial charge in [0, 0.05) is 17.1 Å². The lowest BCUT2D eigenvalue weighted by atomic mass is 10.3. The van der Waals surface area contributed by atoms with Crippen molar-refractivity contribution in [3.63, 3.8) is 0 Å². The van der Waals surface area contributed by atoms with Gasteiger partial charge in [-0.15, -0.1) is 0 Å². The summed E-state index contributed by atoms with van der Waals surface area (Å²) in [5.74, 6) is 1.93. The third-order valence-electron chi connectivity index (χ3n) is 2.10. The summed E-state index contributed by atoms with van der Waals surface area (Å²) in [4.78, 5) is 8.08. The zero-order valence-electron chi connectivity index (χ0n) is 9.85. The average molecular weight is 309 g/mol. The molecule has 1 heterocycles. The second-order valence-corrected chi connectivity index (χ2v) is 4.46. The quantitative estimate of drug-likeness (QED) is 0.908. The Morgan fingerprint density at radius 3 is 2.89 bits per heavy atom. The minimum Gasteiger partial charge on any atom is -0.439 e. The summed E-state index contributed by atoms with van der Waals surface area (Å²) in [6, 6.07) is 9.21. The average Bonchev–Trinajstić information content (AvgIpc) is 2.28. The van der Waals surface area contributed by atoms with Gasteiger partial charge in [0.25, 0.3) is 0 Å². The molecule has 0 atom stereocenters. The summed E-state index contributed by atoms with van der Waals surface area (Å²) in [7, 11) is 0. The second kappa shape index (κ2) is 5.68. The van der Waals surface area contributed by atoms with Crippen LogP contribution in [0.2, 0.25) is 0 Å². The van der Waals surface area contributed by atoms with Crippen molar-refractivity contribution >= 4 is 27.7 Å². The van der Waals surface area contributed by atoms with Crippen LogP contribution in [0.5, 0.6) is 11.6 Å². The molecule has 2 aromatic rings. The molecule has 0 radical (unpaired) electrons. The maximum absolute atomic E-state index is 5.63. The minimum absolute atomic E-state index is 0.179. The molecule has 94 valence electrons. The van der Waals surface area contributed by atoms with E-state index >= 15 is 0 Å². The van der Waals surface area contributed by atoms with Crippen LogP contribution in [0.25, 0.3) is 0 Å². The molecule has 1 aromatic carbocycles. The SMILES string of the molecule is CCNc1cc(Oc2cccc(Br)c2)nc(N)n1. The van der Waals surface area contributed by atoms with Gasteiger partial charge in [-0.2, -0.15) is 9.97 Å². The molecule has 0 amide bonds. The molecule has 0 aliphatic rings. The second-order valence-electron chi connectivity index (χ2n) is 3.54. The number of hydrogen-bond donors (Lipinski definition) is 2. The van der Waals surface area contributed by atoms with E-state index in [1.807, 2.05) is 31.2 Å². The Hall–Kier alpha value is -1.82. The summed E-state index contributed by atoms with van der Waals surface area (Å²) in [5, 5.41) is 3.07. The molecule has 1 aromatic heterocycles. The van der Waals surface area contributed by atoms with Crippen molar-refractivity contribution < 1.29 is 4.74 Å². The lowest BCUT2D eigenvalue weighted by Crippen LogP contribution is -2.04. The first-order chi connectivity index (χ1) is 8.67. The molecule has 0 saturated carbocycles. The monoisotopic (exact) mass is 308 g/mol. The molecule has 2 rings (SSSR count). The van der Waals surface area contributed by atoms with Gasteiger partial charge < -0.3 is 15.8 Å². The molecular weight excluding hydrogens is 296 g/mol. The fourth-order valence-corrected chi connectivity index (χ4v) is 1.80. The third-order valence-corrected chi connectivity index (χ3v) is 2.59. The Morgan fingerprint density at radius 1 is 1.33 bits per heavy atom. The highest BCUT2D eigenvalue weighted by Crippen LogP contribution is 2.24. The molecule has 18 heavy (non-hydrogen) atoms. The normalized spacial score (nSPS) is 10.1. The number of nitrogens with one attached hydrogen (secondary N) is 1. The molecule has 0 fully saturated rings. The highest BCUT2D eigenvalue weighted by molar-refractivity contribution is 9.10. The summed E-state index contributed by atoms with van der Waals surface area (Å²) >= 11 is 3.38. The van der Waals surface area contributed by atoms with Gasteiger partial charge in [-0.25, -0.2) is 0 Å². The zero-order valence-corrected chi connectivity index (χ0v) is 11.4. The van der Waals surface area contributed by atoms with Gasteiger partial charge in [-0.3, -0.25) is 0 Å². The van der Waals surface area contributed by atoms with Crippen LogP contribution in [0.3, 0.4) is 0 Å². The van der Waals surface area contributed by atoms with Crippen LogP contribution in [0.1, 0.15) is 6.92 Å². The predicted octanol–water partition coefficient (Wildman–Crippen LogP) is 3.05. The lowest BCUT2D eigenvalue weighted by molar-refractivity contribution is 0.462. The standard InChI is InChI=1S/C12H13BrN4O/c1-2-15-10-7-11(17-12(14)16-10)18-9-5-3-4-8(13)6-9/h3-7H,2H2,1H3,(H3,14,15,16,17). The van der Waals surface area contributed by atoms with E-state index in [4.69, 9.17) is 10.5 Å². The van der Waals surface area contributed by atoms with E-state index in [2.05, 4.69) is 31.2 Å². The fourth-order valence-electron chi connectivity index (χ4n) is 1.42. The van der Waals surface area contributed by atoms with Gasteiger partial charge >= 0.3 is 0 Å². The molecular formula is C12H13BrN4O. The number of nitrogen functional groups attached to an aromatic ring is 1. The van der Waals surface area contributed by atoms with E-state index in [1.54, 1.807) is 6.07 Å². The lowest BCUT2D eigenvalue weighted by Gasteiger charge is -2.08. The number of ether oxygens (including phenoxy) is 1. The minimum atomic E-state index is 0.179. The number of rotatable bonds is 4. The topological polar surface area (TPSA) is 73.1 Å². The van der Waals surface area contributed by atoms with Crippen LogP contribution in [0.4, 0.5) is 11.8 Å². The smallest absolute Gasteiger partial charge is 0.226 e. The molecule has 0 spiro atoms. The maximum Gasteiger partial charge on any atom is 0.226 e. The number of benzene rings is 1. The zero-order chi connectivity index (χ0) is 13.0. The fraction of sp³-hybridized carbons (Fsp3) is 0.167. The largest absolute Gasteiger partial charge is 0.439 e. The molecule has 0 unspecified atom stereocenters. The molecule has 6 heteroatoms. The Morgan fingerprint density at radius 2 is 2.17 bits per heavy atom. The Kier molecular flexibility index (Phi) is 3.99. The van der Waals surface area contributed by atoms with E-state index in [0.717, 1.165) is 11.0 Å². The number of nitrogens with zero attached hydrogens (tertiary/aromatic N) is 2. The number of halogens is 1. The van der Waals surface area contributed by atoms with Crippen LogP contribution < -0.4 is 15.8 Å². The van der Waals surface area contributed by atoms with Crippen molar-refractivity contribution in [2.75, 3.05) is 17.6 Å². The van der Waals surface area contributed by atoms with Crippen LogP contribution in [-0.4, -0.2) is 16.5 Å². The van der Waals surface area contributed by atoms with Crippen molar-refractivity contribution in [3.05, 3.63) is 34.8 Å². The van der Waals surface area contributed by atoms with E-state index in [0.29, 0.717) is 17.4 Å². The van der Waals surface area contributed by atoms with E-state index in [1.165, 1.54) is 0 Å². The first-order valence-electron chi connectivity index (χ1n) is 5.49. The van der Waals surface area contributed by atoms with Gasteiger partial charge in [0.1, 0.15) is 11.6 Å². The summed E-state index contributed by atoms with van der Waals surface area (Å²) in [6.07, 6.45) is 0. The van der Waals surface area contributed by atoms with Crippen molar-refractivity contribution in [2.45, 2.75) is 6.92 Å². The van der Waals surface area contributed by atoms with Crippen LogP contribution in [0, 0.1) is 0 Å².